The van der Waals surface area contributed by atoms with E-state index in [1.807, 2.05) is 22.4 Å². The fourth-order valence-corrected chi connectivity index (χ4v) is 4.19. The molecule has 0 radical (unpaired) electrons. The van der Waals surface area contributed by atoms with Crippen molar-refractivity contribution in [1.82, 2.24) is 15.0 Å². The SMILES string of the molecule is O=C(CCCc1nc(-c2cccs2)no1)N1CCCCC1C1OCCO1. The third-order valence-corrected chi connectivity index (χ3v) is 5.69. The van der Waals surface area contributed by atoms with Gasteiger partial charge in [0.25, 0.3) is 0 Å². The van der Waals surface area contributed by atoms with E-state index in [1.54, 1.807) is 11.3 Å². The van der Waals surface area contributed by atoms with Crippen LogP contribution in [0.15, 0.2) is 22.0 Å². The highest BCUT2D eigenvalue weighted by molar-refractivity contribution is 7.13. The van der Waals surface area contributed by atoms with Gasteiger partial charge in [0.2, 0.25) is 17.6 Å². The molecule has 1 unspecified atom stereocenters. The van der Waals surface area contributed by atoms with Gasteiger partial charge in [-0.05, 0) is 37.1 Å². The topological polar surface area (TPSA) is 77.7 Å². The number of hydrogen-bond acceptors (Lipinski definition) is 7. The molecule has 8 heteroatoms. The Hall–Kier alpha value is -1.77. The molecule has 140 valence electrons. The highest BCUT2D eigenvalue weighted by atomic mass is 32.1. The van der Waals surface area contributed by atoms with Crippen molar-refractivity contribution in [1.29, 1.82) is 0 Å². The third kappa shape index (κ3) is 3.97. The number of rotatable bonds is 6. The van der Waals surface area contributed by atoms with Gasteiger partial charge >= 0.3 is 0 Å². The molecule has 2 aromatic heterocycles. The lowest BCUT2D eigenvalue weighted by molar-refractivity contribution is -0.150. The average Bonchev–Trinajstić information content (AvgIpc) is 3.42. The molecular weight excluding hydrogens is 354 g/mol. The maximum atomic E-state index is 12.7. The lowest BCUT2D eigenvalue weighted by Gasteiger charge is -2.38. The minimum Gasteiger partial charge on any atom is -0.348 e. The first-order valence-corrected chi connectivity index (χ1v) is 10.1. The number of aryl methyl sites for hydroxylation is 1. The number of hydrogen-bond donors (Lipinski definition) is 0. The Kier molecular flexibility index (Phi) is 5.62. The molecule has 0 N–H and O–H groups in total. The highest BCUT2D eigenvalue weighted by Crippen LogP contribution is 2.26. The maximum Gasteiger partial charge on any atom is 0.226 e. The molecule has 0 saturated carbocycles. The molecule has 2 fully saturated rings. The fraction of sp³-hybridized carbons (Fsp3) is 0.611. The lowest BCUT2D eigenvalue weighted by Crippen LogP contribution is -2.50. The van der Waals surface area contributed by atoms with Crippen LogP contribution in [-0.2, 0) is 20.7 Å². The molecular formula is C18H23N3O4S. The van der Waals surface area contributed by atoms with Gasteiger partial charge in [-0.2, -0.15) is 4.98 Å². The van der Waals surface area contributed by atoms with Gasteiger partial charge in [-0.3, -0.25) is 4.79 Å². The summed E-state index contributed by atoms with van der Waals surface area (Å²) in [4.78, 5) is 20.0. The predicted octanol–water partition coefficient (Wildman–Crippen LogP) is 2.87. The number of carbonyl (C=O) groups excluding carboxylic acids is 1. The number of amides is 1. The van der Waals surface area contributed by atoms with Gasteiger partial charge in [-0.1, -0.05) is 11.2 Å². The Bertz CT molecular complexity index is 712. The second-order valence-electron chi connectivity index (χ2n) is 6.60. The largest absolute Gasteiger partial charge is 0.348 e. The number of nitrogens with zero attached hydrogens (tertiary/aromatic N) is 3. The summed E-state index contributed by atoms with van der Waals surface area (Å²) in [7, 11) is 0. The number of thiophene rings is 1. The number of carbonyl (C=O) groups is 1. The summed E-state index contributed by atoms with van der Waals surface area (Å²) in [5, 5.41) is 5.99. The zero-order valence-corrected chi connectivity index (χ0v) is 15.5. The van der Waals surface area contributed by atoms with E-state index >= 15 is 0 Å². The van der Waals surface area contributed by atoms with Crippen LogP contribution in [-0.4, -0.2) is 53.0 Å². The molecule has 1 amide bonds. The summed E-state index contributed by atoms with van der Waals surface area (Å²) in [6, 6.07) is 3.97. The van der Waals surface area contributed by atoms with Crippen molar-refractivity contribution in [2.24, 2.45) is 0 Å². The van der Waals surface area contributed by atoms with Crippen molar-refractivity contribution in [3.8, 4) is 10.7 Å². The smallest absolute Gasteiger partial charge is 0.226 e. The molecule has 2 saturated heterocycles. The molecule has 4 heterocycles. The Labute approximate surface area is 156 Å². The summed E-state index contributed by atoms with van der Waals surface area (Å²) in [5.74, 6) is 1.36. The van der Waals surface area contributed by atoms with Crippen LogP contribution >= 0.6 is 11.3 Å². The molecule has 7 nitrogen and oxygen atoms in total. The van der Waals surface area contributed by atoms with Crippen LogP contribution in [0.3, 0.4) is 0 Å². The van der Waals surface area contributed by atoms with E-state index in [2.05, 4.69) is 10.1 Å². The van der Waals surface area contributed by atoms with Crippen LogP contribution in [0.25, 0.3) is 10.7 Å². The van der Waals surface area contributed by atoms with Gasteiger partial charge in [0, 0.05) is 19.4 Å². The molecule has 26 heavy (non-hydrogen) atoms. The van der Waals surface area contributed by atoms with Gasteiger partial charge in [0.15, 0.2) is 6.29 Å². The fourth-order valence-electron chi connectivity index (χ4n) is 3.55. The van der Waals surface area contributed by atoms with E-state index in [0.717, 1.165) is 30.7 Å². The summed E-state index contributed by atoms with van der Waals surface area (Å²) in [6.45, 7) is 2.02. The van der Waals surface area contributed by atoms with Gasteiger partial charge < -0.3 is 18.9 Å². The lowest BCUT2D eigenvalue weighted by atomic mass is 10.0. The van der Waals surface area contributed by atoms with Crippen LogP contribution in [0, 0.1) is 0 Å². The molecule has 0 bridgehead atoms. The van der Waals surface area contributed by atoms with Crippen molar-refractivity contribution in [3.05, 3.63) is 23.4 Å². The zero-order chi connectivity index (χ0) is 17.8. The molecule has 1 atom stereocenters. The van der Waals surface area contributed by atoms with Gasteiger partial charge in [0.1, 0.15) is 0 Å². The van der Waals surface area contributed by atoms with Crippen molar-refractivity contribution in [3.63, 3.8) is 0 Å². The first-order valence-electron chi connectivity index (χ1n) is 9.20. The quantitative estimate of drug-likeness (QED) is 0.770. The third-order valence-electron chi connectivity index (χ3n) is 4.82. The molecule has 2 aliphatic rings. The van der Waals surface area contributed by atoms with Crippen molar-refractivity contribution in [2.45, 2.75) is 50.9 Å². The molecule has 0 spiro atoms. The summed E-state index contributed by atoms with van der Waals surface area (Å²) < 4.78 is 16.6. The Morgan fingerprint density at radius 3 is 3.00 bits per heavy atom. The maximum absolute atomic E-state index is 12.7. The molecule has 0 aliphatic carbocycles. The first kappa shape index (κ1) is 17.6. The Morgan fingerprint density at radius 2 is 2.19 bits per heavy atom. The van der Waals surface area contributed by atoms with Crippen LogP contribution in [0.4, 0.5) is 0 Å². The Morgan fingerprint density at radius 1 is 1.31 bits per heavy atom. The molecule has 4 rings (SSSR count). The average molecular weight is 377 g/mol. The molecule has 2 aliphatic heterocycles. The van der Waals surface area contributed by atoms with Crippen molar-refractivity contribution >= 4 is 17.2 Å². The highest BCUT2D eigenvalue weighted by Gasteiger charge is 2.35. The first-order chi connectivity index (χ1) is 12.8. The molecule has 2 aromatic rings. The number of piperidine rings is 1. The van der Waals surface area contributed by atoms with Crippen LogP contribution in [0.2, 0.25) is 0 Å². The van der Waals surface area contributed by atoms with E-state index in [0.29, 0.717) is 44.2 Å². The van der Waals surface area contributed by atoms with Gasteiger partial charge in [-0.15, -0.1) is 11.3 Å². The number of aromatic nitrogens is 2. The monoisotopic (exact) mass is 377 g/mol. The van der Waals surface area contributed by atoms with E-state index < -0.39 is 0 Å². The summed E-state index contributed by atoms with van der Waals surface area (Å²) in [6.07, 6.45) is 4.63. The van der Waals surface area contributed by atoms with E-state index in [9.17, 15) is 4.79 Å². The standard InChI is InChI=1S/C18H23N3O4S/c22-16(21-9-2-1-5-13(21)18-23-10-11-24-18)8-3-7-15-19-17(20-25-15)14-6-4-12-26-14/h4,6,12-13,18H,1-3,5,7-11H2. The summed E-state index contributed by atoms with van der Waals surface area (Å²) >= 11 is 1.58. The number of ether oxygens (including phenoxy) is 2. The van der Waals surface area contributed by atoms with Gasteiger partial charge in [-0.25, -0.2) is 0 Å². The van der Waals surface area contributed by atoms with E-state index in [-0.39, 0.29) is 18.2 Å². The van der Waals surface area contributed by atoms with Crippen LogP contribution in [0.1, 0.15) is 38.0 Å². The minimum atomic E-state index is -0.261. The normalized spacial score (nSPS) is 21.4. The number of likely N-dealkylation sites (tertiary alicyclic amines) is 1. The van der Waals surface area contributed by atoms with Crippen LogP contribution < -0.4 is 0 Å². The molecule has 0 aromatic carbocycles. The van der Waals surface area contributed by atoms with E-state index in [4.69, 9.17) is 14.0 Å². The van der Waals surface area contributed by atoms with Crippen molar-refractivity contribution in [2.75, 3.05) is 19.8 Å². The van der Waals surface area contributed by atoms with Crippen LogP contribution in [0.5, 0.6) is 0 Å². The summed E-state index contributed by atoms with van der Waals surface area (Å²) in [5.41, 5.74) is 0. The van der Waals surface area contributed by atoms with Crippen molar-refractivity contribution < 1.29 is 18.8 Å². The predicted molar refractivity (Wildman–Crippen MR) is 95.6 cm³/mol. The van der Waals surface area contributed by atoms with E-state index in [1.165, 1.54) is 0 Å². The second-order valence-corrected chi connectivity index (χ2v) is 7.55. The van der Waals surface area contributed by atoms with Gasteiger partial charge in [0.05, 0.1) is 24.1 Å². The Balaban J connectivity index is 1.29. The second kappa shape index (κ2) is 8.28. The minimum absolute atomic E-state index is 0.0487. The zero-order valence-electron chi connectivity index (χ0n) is 14.6.